The average molecular weight is 427 g/mol. The van der Waals surface area contributed by atoms with E-state index in [2.05, 4.69) is 10.3 Å². The van der Waals surface area contributed by atoms with Crippen LogP contribution in [0.25, 0.3) is 11.1 Å². The summed E-state index contributed by atoms with van der Waals surface area (Å²) in [4.78, 5) is 18.2. The molecule has 2 N–H and O–H groups in total. The van der Waals surface area contributed by atoms with Gasteiger partial charge in [-0.25, -0.2) is 9.37 Å². The van der Waals surface area contributed by atoms with Gasteiger partial charge in [-0.3, -0.25) is 4.79 Å². The van der Waals surface area contributed by atoms with Crippen LogP contribution in [0.5, 0.6) is 5.88 Å². The van der Waals surface area contributed by atoms with E-state index < -0.39 is 0 Å². The van der Waals surface area contributed by atoms with Crippen LogP contribution in [0.3, 0.4) is 0 Å². The van der Waals surface area contributed by atoms with Crippen molar-refractivity contribution >= 4 is 17.2 Å². The van der Waals surface area contributed by atoms with Crippen molar-refractivity contribution in [2.45, 2.75) is 32.9 Å². The van der Waals surface area contributed by atoms with Crippen molar-refractivity contribution in [3.63, 3.8) is 0 Å². The third-order valence-corrected chi connectivity index (χ3v) is 6.04. The molecular weight excluding hydrogens is 403 g/mol. The van der Waals surface area contributed by atoms with Crippen LogP contribution in [0.1, 0.15) is 39.2 Å². The second kappa shape index (κ2) is 8.93. The molecule has 1 aliphatic carbocycles. The highest BCUT2D eigenvalue weighted by molar-refractivity contribution is 7.10. The molecular formula is C23H23FN2O3S. The lowest BCUT2D eigenvalue weighted by atomic mass is 10.1. The smallest absolute Gasteiger partial charge is 0.257 e. The number of thiophene rings is 1. The number of aryl methyl sites for hydroxylation is 1. The molecule has 1 aliphatic rings. The van der Waals surface area contributed by atoms with Gasteiger partial charge in [0.1, 0.15) is 11.4 Å². The number of rotatable bonds is 8. The number of benzene rings is 1. The number of amides is 1. The van der Waals surface area contributed by atoms with Gasteiger partial charge in [-0.2, -0.15) is 0 Å². The zero-order valence-corrected chi connectivity index (χ0v) is 17.5. The van der Waals surface area contributed by atoms with E-state index in [1.54, 1.807) is 31.3 Å². The number of pyridine rings is 1. The highest BCUT2D eigenvalue weighted by Gasteiger charge is 2.24. The van der Waals surface area contributed by atoms with Gasteiger partial charge in [0.15, 0.2) is 0 Å². The zero-order valence-electron chi connectivity index (χ0n) is 16.7. The maximum atomic E-state index is 13.8. The van der Waals surface area contributed by atoms with Crippen LogP contribution in [0.4, 0.5) is 4.39 Å². The van der Waals surface area contributed by atoms with Gasteiger partial charge < -0.3 is 15.2 Å². The summed E-state index contributed by atoms with van der Waals surface area (Å²) in [5.41, 5.74) is 3.16. The lowest BCUT2D eigenvalue weighted by molar-refractivity contribution is 0.0945. The molecule has 1 amide bonds. The molecule has 30 heavy (non-hydrogen) atoms. The molecule has 0 spiro atoms. The summed E-state index contributed by atoms with van der Waals surface area (Å²) in [5.74, 6) is 0.180. The molecule has 3 aromatic rings. The Kier molecular flexibility index (Phi) is 6.11. The van der Waals surface area contributed by atoms with Gasteiger partial charge in [0.2, 0.25) is 5.88 Å². The molecule has 7 heteroatoms. The highest BCUT2D eigenvalue weighted by atomic mass is 32.1. The van der Waals surface area contributed by atoms with Crippen LogP contribution in [0, 0.1) is 18.7 Å². The molecule has 156 valence electrons. The van der Waals surface area contributed by atoms with Gasteiger partial charge in [-0.15, -0.1) is 11.3 Å². The molecule has 0 aliphatic heterocycles. The monoisotopic (exact) mass is 426 g/mol. The minimum atomic E-state index is -0.336. The summed E-state index contributed by atoms with van der Waals surface area (Å²) in [7, 11) is 0. The normalized spacial score (nSPS) is 13.3. The molecule has 1 fully saturated rings. The van der Waals surface area contributed by atoms with Gasteiger partial charge in [0, 0.05) is 23.2 Å². The van der Waals surface area contributed by atoms with Crippen LogP contribution in [0.2, 0.25) is 0 Å². The number of hydrogen-bond acceptors (Lipinski definition) is 5. The summed E-state index contributed by atoms with van der Waals surface area (Å²) in [6.45, 7) is 2.36. The molecule has 1 aromatic carbocycles. The molecule has 2 aromatic heterocycles. The Morgan fingerprint density at radius 1 is 1.33 bits per heavy atom. The first kappa shape index (κ1) is 20.5. The predicted octanol–water partition coefficient (Wildman–Crippen LogP) is 4.47. The number of carbonyl (C=O) groups excluding carboxylic acids is 1. The Morgan fingerprint density at radius 2 is 2.17 bits per heavy atom. The van der Waals surface area contributed by atoms with Gasteiger partial charge in [0.05, 0.1) is 13.2 Å². The number of aromatic nitrogens is 1. The molecule has 0 bridgehead atoms. The Balaban J connectivity index is 1.57. The van der Waals surface area contributed by atoms with Gasteiger partial charge in [-0.05, 0) is 66.0 Å². The third-order valence-electron chi connectivity index (χ3n) is 5.14. The number of aliphatic hydroxyl groups excluding tert-OH is 1. The number of carbonyl (C=O) groups is 1. The van der Waals surface area contributed by atoms with Crippen molar-refractivity contribution in [2.75, 3.05) is 6.61 Å². The third kappa shape index (κ3) is 4.68. The van der Waals surface area contributed by atoms with E-state index in [4.69, 9.17) is 4.74 Å². The Bertz CT molecular complexity index is 1060. The van der Waals surface area contributed by atoms with E-state index in [1.807, 2.05) is 11.4 Å². The van der Waals surface area contributed by atoms with E-state index in [0.717, 1.165) is 28.8 Å². The molecule has 0 atom stereocenters. The lowest BCUT2D eigenvalue weighted by Crippen LogP contribution is -2.24. The van der Waals surface area contributed by atoms with Crippen LogP contribution in [-0.4, -0.2) is 22.6 Å². The maximum absolute atomic E-state index is 13.8. The van der Waals surface area contributed by atoms with E-state index in [-0.39, 0.29) is 24.9 Å². The molecule has 0 saturated heterocycles. The summed E-state index contributed by atoms with van der Waals surface area (Å²) in [5, 5.41) is 14.3. The fourth-order valence-electron chi connectivity index (χ4n) is 3.10. The second-order valence-electron chi connectivity index (χ2n) is 7.51. The van der Waals surface area contributed by atoms with Crippen molar-refractivity contribution < 1.29 is 19.0 Å². The Morgan fingerprint density at radius 3 is 2.90 bits per heavy atom. The second-order valence-corrected chi connectivity index (χ2v) is 8.51. The van der Waals surface area contributed by atoms with Crippen molar-refractivity contribution in [3.8, 4) is 17.0 Å². The summed E-state index contributed by atoms with van der Waals surface area (Å²) in [6, 6.07) is 8.54. The fraction of sp³-hybridized carbons (Fsp3) is 0.304. The molecule has 2 heterocycles. The zero-order chi connectivity index (χ0) is 21.1. The number of ether oxygens (including phenoxy) is 1. The quantitative estimate of drug-likeness (QED) is 0.558. The Labute approximate surface area is 178 Å². The predicted molar refractivity (Wildman–Crippen MR) is 114 cm³/mol. The molecule has 4 rings (SSSR count). The lowest BCUT2D eigenvalue weighted by Gasteiger charge is -2.13. The fourth-order valence-corrected chi connectivity index (χ4v) is 3.86. The first-order valence-electron chi connectivity index (χ1n) is 9.89. The van der Waals surface area contributed by atoms with E-state index in [0.29, 0.717) is 35.1 Å². The van der Waals surface area contributed by atoms with Crippen LogP contribution in [-0.2, 0) is 13.2 Å². The number of halogens is 1. The number of aliphatic hydroxyl groups is 1. The van der Waals surface area contributed by atoms with Crippen molar-refractivity contribution in [2.24, 2.45) is 5.92 Å². The number of nitrogens with one attached hydrogen (secondary N) is 1. The van der Waals surface area contributed by atoms with Crippen molar-refractivity contribution in [3.05, 3.63) is 69.3 Å². The van der Waals surface area contributed by atoms with Crippen molar-refractivity contribution in [1.82, 2.24) is 10.3 Å². The summed E-state index contributed by atoms with van der Waals surface area (Å²) < 4.78 is 19.6. The SMILES string of the molecule is Cc1ccc(CNC(=O)c2cc(-c3ccsc3CO)cnc2OCC2CC2)cc1F. The van der Waals surface area contributed by atoms with Gasteiger partial charge in [0.25, 0.3) is 5.91 Å². The van der Waals surface area contributed by atoms with Crippen LogP contribution < -0.4 is 10.1 Å². The maximum Gasteiger partial charge on any atom is 0.257 e. The van der Waals surface area contributed by atoms with Gasteiger partial charge in [-0.1, -0.05) is 12.1 Å². The number of hydrogen-bond donors (Lipinski definition) is 2. The van der Waals surface area contributed by atoms with E-state index >= 15 is 0 Å². The molecule has 1 saturated carbocycles. The largest absolute Gasteiger partial charge is 0.477 e. The molecule has 0 radical (unpaired) electrons. The first-order chi connectivity index (χ1) is 14.5. The highest BCUT2D eigenvalue weighted by Crippen LogP contribution is 2.33. The summed E-state index contributed by atoms with van der Waals surface area (Å²) >= 11 is 1.45. The standard InChI is InChI=1S/C23H23FN2O3S/c1-14-2-3-16(8-20(14)24)10-25-22(28)19-9-17(18-6-7-30-21(18)12-27)11-26-23(19)29-13-15-4-5-15/h2-3,6-9,11,15,27H,4-5,10,12-13H2,1H3,(H,25,28). The summed E-state index contributed by atoms with van der Waals surface area (Å²) in [6.07, 6.45) is 3.93. The Hall–Kier alpha value is -2.77. The first-order valence-corrected chi connectivity index (χ1v) is 10.8. The minimum absolute atomic E-state index is 0.0759. The van der Waals surface area contributed by atoms with Crippen LogP contribution in [0.15, 0.2) is 41.9 Å². The van der Waals surface area contributed by atoms with Gasteiger partial charge >= 0.3 is 0 Å². The molecule has 0 unspecified atom stereocenters. The van der Waals surface area contributed by atoms with E-state index in [9.17, 15) is 14.3 Å². The van der Waals surface area contributed by atoms with Crippen molar-refractivity contribution in [1.29, 1.82) is 0 Å². The topological polar surface area (TPSA) is 71.5 Å². The minimum Gasteiger partial charge on any atom is -0.477 e. The van der Waals surface area contributed by atoms with Crippen LogP contribution >= 0.6 is 11.3 Å². The van der Waals surface area contributed by atoms with E-state index in [1.165, 1.54) is 17.4 Å². The average Bonchev–Trinajstić information content (AvgIpc) is 3.47. The number of nitrogens with zero attached hydrogens (tertiary/aromatic N) is 1. The molecule has 5 nitrogen and oxygen atoms in total.